The van der Waals surface area contributed by atoms with Crippen molar-refractivity contribution in [3.05, 3.63) is 72.4 Å². The lowest BCUT2D eigenvalue weighted by atomic mass is 10.1. The largest absolute Gasteiger partial charge is 0.334 e. The first-order chi connectivity index (χ1) is 12.8. The van der Waals surface area contributed by atoms with E-state index in [2.05, 4.69) is 32.5 Å². The molecule has 7 heteroatoms. The number of urea groups is 1. The van der Waals surface area contributed by atoms with E-state index in [0.717, 1.165) is 24.9 Å². The van der Waals surface area contributed by atoms with Crippen LogP contribution in [0.3, 0.4) is 0 Å². The quantitative estimate of drug-likeness (QED) is 0.786. The first-order valence-corrected chi connectivity index (χ1v) is 8.70. The highest BCUT2D eigenvalue weighted by Crippen LogP contribution is 2.31. The van der Waals surface area contributed by atoms with Gasteiger partial charge in [-0.15, -0.1) is 0 Å². The van der Waals surface area contributed by atoms with Gasteiger partial charge >= 0.3 is 6.03 Å². The number of amides is 2. The number of nitrogens with one attached hydrogen (secondary N) is 1. The predicted octanol–water partition coefficient (Wildman–Crippen LogP) is 2.71. The molecule has 1 aliphatic heterocycles. The van der Waals surface area contributed by atoms with Gasteiger partial charge in [0.1, 0.15) is 12.7 Å². The van der Waals surface area contributed by atoms with Crippen LogP contribution in [-0.4, -0.2) is 37.2 Å². The second-order valence-corrected chi connectivity index (χ2v) is 6.29. The highest BCUT2D eigenvalue weighted by atomic mass is 16.2. The molecule has 0 saturated carbocycles. The maximum Gasteiger partial charge on any atom is 0.318 e. The molecule has 7 nitrogen and oxygen atoms in total. The molecule has 0 spiro atoms. The van der Waals surface area contributed by atoms with Crippen molar-refractivity contribution >= 4 is 6.03 Å². The second kappa shape index (κ2) is 7.35. The number of carbonyl (C=O) groups excluding carboxylic acids is 1. The van der Waals surface area contributed by atoms with E-state index < -0.39 is 0 Å². The van der Waals surface area contributed by atoms with Gasteiger partial charge in [0.2, 0.25) is 0 Å². The van der Waals surface area contributed by atoms with E-state index in [9.17, 15) is 4.79 Å². The molecule has 26 heavy (non-hydrogen) atoms. The zero-order chi connectivity index (χ0) is 17.8. The first-order valence-electron chi connectivity index (χ1n) is 8.70. The van der Waals surface area contributed by atoms with Crippen molar-refractivity contribution in [3.8, 4) is 5.82 Å². The molecule has 2 amide bonds. The number of aromatic nitrogens is 4. The number of carbonyl (C=O) groups is 1. The number of rotatable bonds is 4. The molecule has 0 aliphatic carbocycles. The van der Waals surface area contributed by atoms with Crippen LogP contribution in [0.15, 0.2) is 61.3 Å². The van der Waals surface area contributed by atoms with Gasteiger partial charge in [0, 0.05) is 19.3 Å². The molecule has 1 aliphatic rings. The Morgan fingerprint density at radius 1 is 1.19 bits per heavy atom. The van der Waals surface area contributed by atoms with E-state index in [1.807, 2.05) is 35.2 Å². The van der Waals surface area contributed by atoms with Crippen LogP contribution in [0.1, 0.15) is 30.0 Å². The zero-order valence-corrected chi connectivity index (χ0v) is 14.3. The average molecular weight is 348 g/mol. The predicted molar refractivity (Wildman–Crippen MR) is 96.5 cm³/mol. The summed E-state index contributed by atoms with van der Waals surface area (Å²) in [5.74, 6) is 0.696. The van der Waals surface area contributed by atoms with Crippen molar-refractivity contribution in [2.24, 2.45) is 0 Å². The molecular weight excluding hydrogens is 328 g/mol. The summed E-state index contributed by atoms with van der Waals surface area (Å²) in [6, 6.07) is 14.1. The second-order valence-electron chi connectivity index (χ2n) is 6.29. The van der Waals surface area contributed by atoms with Crippen LogP contribution in [-0.2, 0) is 6.54 Å². The number of pyridine rings is 1. The number of hydrogen-bond acceptors (Lipinski definition) is 4. The SMILES string of the molecule is O=C(NCc1ccc(-n2cncn2)nc1)N1CCCC1c1ccccc1. The number of likely N-dealkylation sites (tertiary alicyclic amines) is 1. The standard InChI is InChI=1S/C19H20N6O/c26-19(24-10-4-7-17(24)16-5-2-1-3-6-16)22-12-15-8-9-18(21-11-15)25-14-20-13-23-25/h1-3,5-6,8-9,11,13-14,17H,4,7,10,12H2,(H,22,26). The number of nitrogens with zero attached hydrogens (tertiary/aromatic N) is 5. The average Bonchev–Trinajstić information content (AvgIpc) is 3.39. The third-order valence-corrected chi connectivity index (χ3v) is 4.60. The summed E-state index contributed by atoms with van der Waals surface area (Å²) in [6.45, 7) is 1.23. The van der Waals surface area contributed by atoms with Gasteiger partial charge in [-0.25, -0.2) is 19.4 Å². The summed E-state index contributed by atoms with van der Waals surface area (Å²) in [4.78, 5) is 22.8. The van der Waals surface area contributed by atoms with Gasteiger partial charge in [0.05, 0.1) is 6.04 Å². The van der Waals surface area contributed by atoms with E-state index in [1.165, 1.54) is 11.9 Å². The van der Waals surface area contributed by atoms with E-state index in [-0.39, 0.29) is 12.1 Å². The van der Waals surface area contributed by atoms with Gasteiger partial charge in [-0.05, 0) is 30.0 Å². The van der Waals surface area contributed by atoms with Gasteiger partial charge < -0.3 is 10.2 Å². The van der Waals surface area contributed by atoms with E-state index in [1.54, 1.807) is 17.2 Å². The van der Waals surface area contributed by atoms with Gasteiger partial charge in [-0.3, -0.25) is 0 Å². The van der Waals surface area contributed by atoms with Crippen LogP contribution in [0.5, 0.6) is 0 Å². The van der Waals surface area contributed by atoms with Crippen molar-refractivity contribution in [2.75, 3.05) is 6.54 Å². The van der Waals surface area contributed by atoms with Crippen molar-refractivity contribution in [1.82, 2.24) is 30.0 Å². The molecule has 2 aromatic heterocycles. The fourth-order valence-corrected chi connectivity index (χ4v) is 3.29. The molecule has 0 radical (unpaired) electrons. The third kappa shape index (κ3) is 3.42. The van der Waals surface area contributed by atoms with Crippen LogP contribution in [0.4, 0.5) is 4.79 Å². The van der Waals surface area contributed by atoms with Crippen LogP contribution < -0.4 is 5.32 Å². The maximum atomic E-state index is 12.6. The summed E-state index contributed by atoms with van der Waals surface area (Å²) in [6.07, 6.45) is 6.85. The lowest BCUT2D eigenvalue weighted by Crippen LogP contribution is -2.39. The number of hydrogen-bond donors (Lipinski definition) is 1. The fourth-order valence-electron chi connectivity index (χ4n) is 3.29. The van der Waals surface area contributed by atoms with Gasteiger partial charge in [-0.1, -0.05) is 36.4 Å². The smallest absolute Gasteiger partial charge is 0.318 e. The van der Waals surface area contributed by atoms with E-state index >= 15 is 0 Å². The van der Waals surface area contributed by atoms with Crippen LogP contribution in [0.2, 0.25) is 0 Å². The Morgan fingerprint density at radius 3 is 2.81 bits per heavy atom. The Bertz CT molecular complexity index is 848. The van der Waals surface area contributed by atoms with E-state index in [4.69, 9.17) is 0 Å². The van der Waals surface area contributed by atoms with Crippen LogP contribution in [0.25, 0.3) is 5.82 Å². The Morgan fingerprint density at radius 2 is 2.08 bits per heavy atom. The molecule has 3 aromatic rings. The Labute approximate surface area is 151 Å². The molecule has 1 fully saturated rings. The summed E-state index contributed by atoms with van der Waals surface area (Å²) < 4.78 is 1.59. The van der Waals surface area contributed by atoms with Crippen molar-refractivity contribution in [1.29, 1.82) is 0 Å². The molecule has 4 rings (SSSR count). The Hall–Kier alpha value is -3.22. The van der Waals surface area contributed by atoms with E-state index in [0.29, 0.717) is 12.4 Å². The molecular formula is C19H20N6O. The Balaban J connectivity index is 1.37. The fraction of sp³-hybridized carbons (Fsp3) is 0.263. The maximum absolute atomic E-state index is 12.6. The minimum atomic E-state index is -0.0308. The van der Waals surface area contributed by atoms with Crippen molar-refractivity contribution in [2.45, 2.75) is 25.4 Å². The molecule has 3 heterocycles. The first kappa shape index (κ1) is 16.3. The van der Waals surface area contributed by atoms with Crippen LogP contribution in [0, 0.1) is 0 Å². The Kier molecular flexibility index (Phi) is 4.59. The molecule has 1 N–H and O–H groups in total. The highest BCUT2D eigenvalue weighted by molar-refractivity contribution is 5.75. The summed E-state index contributed by atoms with van der Waals surface area (Å²) in [7, 11) is 0. The van der Waals surface area contributed by atoms with Gasteiger partial charge in [-0.2, -0.15) is 5.10 Å². The summed E-state index contributed by atoms with van der Waals surface area (Å²) >= 11 is 0. The number of benzene rings is 1. The molecule has 132 valence electrons. The highest BCUT2D eigenvalue weighted by Gasteiger charge is 2.29. The molecule has 1 aromatic carbocycles. The topological polar surface area (TPSA) is 75.9 Å². The summed E-state index contributed by atoms with van der Waals surface area (Å²) in [5, 5.41) is 7.05. The van der Waals surface area contributed by atoms with Gasteiger partial charge in [0.15, 0.2) is 5.82 Å². The molecule has 0 bridgehead atoms. The molecule has 1 atom stereocenters. The monoisotopic (exact) mass is 348 g/mol. The zero-order valence-electron chi connectivity index (χ0n) is 14.3. The third-order valence-electron chi connectivity index (χ3n) is 4.60. The normalized spacial score (nSPS) is 16.6. The summed E-state index contributed by atoms with van der Waals surface area (Å²) in [5.41, 5.74) is 2.14. The lowest BCUT2D eigenvalue weighted by Gasteiger charge is -2.25. The van der Waals surface area contributed by atoms with Crippen molar-refractivity contribution in [3.63, 3.8) is 0 Å². The van der Waals surface area contributed by atoms with Gasteiger partial charge in [0.25, 0.3) is 0 Å². The van der Waals surface area contributed by atoms with Crippen LogP contribution >= 0.6 is 0 Å². The minimum absolute atomic E-state index is 0.0308. The minimum Gasteiger partial charge on any atom is -0.334 e. The molecule has 1 unspecified atom stereocenters. The lowest BCUT2D eigenvalue weighted by molar-refractivity contribution is 0.192. The molecule has 1 saturated heterocycles. The van der Waals surface area contributed by atoms with Crippen molar-refractivity contribution < 1.29 is 4.79 Å².